The van der Waals surface area contributed by atoms with Crippen molar-refractivity contribution in [3.05, 3.63) is 53.1 Å². The molecule has 0 aliphatic carbocycles. The normalized spacial score (nSPS) is 11.0. The van der Waals surface area contributed by atoms with Gasteiger partial charge in [0.2, 0.25) is 0 Å². The first-order valence-corrected chi connectivity index (χ1v) is 9.38. The molecule has 6 nitrogen and oxygen atoms in total. The van der Waals surface area contributed by atoms with E-state index < -0.39 is 18.0 Å². The van der Waals surface area contributed by atoms with Gasteiger partial charge in [-0.25, -0.2) is 0 Å². The Bertz CT molecular complexity index is 885. The summed E-state index contributed by atoms with van der Waals surface area (Å²) in [6.45, 7) is 4.70. The molecule has 1 N–H and O–H groups in total. The number of amides is 2. The quantitative estimate of drug-likeness (QED) is 0.638. The molecule has 10 heteroatoms. The summed E-state index contributed by atoms with van der Waals surface area (Å²) < 4.78 is 45.8. The van der Waals surface area contributed by atoms with Crippen LogP contribution in [0.5, 0.6) is 11.5 Å². The molecule has 2 aromatic carbocycles. The van der Waals surface area contributed by atoms with E-state index in [4.69, 9.17) is 16.3 Å². The number of benzene rings is 2. The summed E-state index contributed by atoms with van der Waals surface area (Å²) in [5.74, 6) is -0.868. The lowest BCUT2D eigenvalue weighted by Crippen LogP contribution is -2.34. The van der Waals surface area contributed by atoms with E-state index in [9.17, 15) is 22.8 Å². The van der Waals surface area contributed by atoms with Gasteiger partial charge in [0, 0.05) is 24.3 Å². The molecule has 2 aromatic rings. The highest BCUT2D eigenvalue weighted by Crippen LogP contribution is 2.28. The monoisotopic (exact) mass is 444 g/mol. The molecule has 30 heavy (non-hydrogen) atoms. The van der Waals surface area contributed by atoms with E-state index in [1.54, 1.807) is 4.90 Å². The number of carbonyl (C=O) groups is 2. The first kappa shape index (κ1) is 23.3. The summed E-state index contributed by atoms with van der Waals surface area (Å²) in [5.41, 5.74) is 0.480. The Morgan fingerprint density at radius 2 is 1.70 bits per heavy atom. The average Bonchev–Trinajstić information content (AvgIpc) is 2.67. The highest BCUT2D eigenvalue weighted by molar-refractivity contribution is 6.32. The molecule has 0 aliphatic heterocycles. The van der Waals surface area contributed by atoms with Crippen molar-refractivity contribution in [3.8, 4) is 11.5 Å². The van der Waals surface area contributed by atoms with Crippen molar-refractivity contribution in [3.63, 3.8) is 0 Å². The number of halogens is 4. The van der Waals surface area contributed by atoms with E-state index >= 15 is 0 Å². The van der Waals surface area contributed by atoms with Crippen LogP contribution in [0.15, 0.2) is 42.5 Å². The number of nitrogens with one attached hydrogen (secondary N) is 1. The number of anilines is 1. The van der Waals surface area contributed by atoms with Gasteiger partial charge in [-0.05, 0) is 56.3 Å². The van der Waals surface area contributed by atoms with E-state index in [1.807, 2.05) is 13.8 Å². The van der Waals surface area contributed by atoms with Crippen LogP contribution < -0.4 is 14.8 Å². The Labute approximate surface area is 176 Å². The molecular formula is C20H20ClF3N2O4. The van der Waals surface area contributed by atoms with E-state index in [0.717, 1.165) is 12.1 Å². The Kier molecular flexibility index (Phi) is 7.93. The number of likely N-dealkylation sites (N-methyl/N-ethyl adjacent to an activating group) is 1. The molecule has 0 fully saturated rings. The SMILES string of the molecule is CCN(CC)C(=O)COc1ccc(NC(=O)c2ccc(OC(F)(F)F)cc2)cc1Cl. The predicted molar refractivity (Wildman–Crippen MR) is 106 cm³/mol. The molecule has 0 unspecified atom stereocenters. The lowest BCUT2D eigenvalue weighted by atomic mass is 10.2. The molecule has 0 atom stereocenters. The van der Waals surface area contributed by atoms with Gasteiger partial charge >= 0.3 is 6.36 Å². The summed E-state index contributed by atoms with van der Waals surface area (Å²) in [6, 6.07) is 8.97. The van der Waals surface area contributed by atoms with Gasteiger partial charge in [0.1, 0.15) is 11.5 Å². The fourth-order valence-electron chi connectivity index (χ4n) is 2.51. The van der Waals surface area contributed by atoms with Gasteiger partial charge in [0.05, 0.1) is 5.02 Å². The number of ether oxygens (including phenoxy) is 2. The molecule has 0 saturated carbocycles. The molecule has 0 radical (unpaired) electrons. The molecule has 0 saturated heterocycles. The van der Waals surface area contributed by atoms with Crippen molar-refractivity contribution in [1.29, 1.82) is 0 Å². The number of hydrogen-bond donors (Lipinski definition) is 1. The zero-order valence-electron chi connectivity index (χ0n) is 16.3. The van der Waals surface area contributed by atoms with Gasteiger partial charge in [-0.3, -0.25) is 9.59 Å². The number of hydrogen-bond acceptors (Lipinski definition) is 4. The zero-order valence-corrected chi connectivity index (χ0v) is 17.0. The maximum Gasteiger partial charge on any atom is 0.573 e. The van der Waals surface area contributed by atoms with E-state index in [-0.39, 0.29) is 28.8 Å². The van der Waals surface area contributed by atoms with Crippen molar-refractivity contribution < 1.29 is 32.2 Å². The van der Waals surface area contributed by atoms with Gasteiger partial charge in [-0.2, -0.15) is 0 Å². The Morgan fingerprint density at radius 3 is 2.23 bits per heavy atom. The standard InChI is InChI=1S/C20H20ClF3N2O4/c1-3-26(4-2)18(27)12-29-17-10-7-14(11-16(17)21)25-19(28)13-5-8-15(9-6-13)30-20(22,23)24/h5-11H,3-4,12H2,1-2H3,(H,25,28). The largest absolute Gasteiger partial charge is 0.573 e. The van der Waals surface area contributed by atoms with Crippen LogP contribution in [0, 0.1) is 0 Å². The molecule has 0 aliphatic rings. The molecule has 0 aromatic heterocycles. The van der Waals surface area contributed by atoms with Crippen LogP contribution in [-0.4, -0.2) is 42.8 Å². The molecule has 0 bridgehead atoms. The van der Waals surface area contributed by atoms with Crippen LogP contribution in [0.4, 0.5) is 18.9 Å². The molecule has 2 rings (SSSR count). The van der Waals surface area contributed by atoms with Crippen molar-refractivity contribution in [2.75, 3.05) is 25.0 Å². The van der Waals surface area contributed by atoms with Crippen LogP contribution in [0.3, 0.4) is 0 Å². The molecule has 162 valence electrons. The number of nitrogens with zero attached hydrogens (tertiary/aromatic N) is 1. The van der Waals surface area contributed by atoms with Crippen LogP contribution in [0.25, 0.3) is 0 Å². The first-order valence-electron chi connectivity index (χ1n) is 9.00. The van der Waals surface area contributed by atoms with Gasteiger partial charge in [0.15, 0.2) is 6.61 Å². The maximum atomic E-state index is 12.3. The van der Waals surface area contributed by atoms with Gasteiger partial charge in [0.25, 0.3) is 11.8 Å². The van der Waals surface area contributed by atoms with Crippen LogP contribution >= 0.6 is 11.6 Å². The number of alkyl halides is 3. The Balaban J connectivity index is 1.98. The molecular weight excluding hydrogens is 425 g/mol. The third-order valence-corrected chi connectivity index (χ3v) is 4.30. The van der Waals surface area contributed by atoms with Crippen molar-refractivity contribution in [1.82, 2.24) is 4.90 Å². The predicted octanol–water partition coefficient (Wildman–Crippen LogP) is 4.74. The second kappa shape index (κ2) is 10.2. The Hall–Kier alpha value is -2.94. The highest BCUT2D eigenvalue weighted by atomic mass is 35.5. The summed E-state index contributed by atoms with van der Waals surface area (Å²) in [5, 5.41) is 2.77. The van der Waals surface area contributed by atoms with Crippen LogP contribution in [-0.2, 0) is 4.79 Å². The van der Waals surface area contributed by atoms with Crippen molar-refractivity contribution >= 4 is 29.1 Å². The lowest BCUT2D eigenvalue weighted by Gasteiger charge is -2.19. The minimum atomic E-state index is -4.81. The summed E-state index contributed by atoms with van der Waals surface area (Å²) >= 11 is 6.15. The van der Waals surface area contributed by atoms with Gasteiger partial charge < -0.3 is 19.7 Å². The van der Waals surface area contributed by atoms with E-state index in [0.29, 0.717) is 18.8 Å². The maximum absolute atomic E-state index is 12.3. The highest BCUT2D eigenvalue weighted by Gasteiger charge is 2.31. The second-order valence-corrected chi connectivity index (χ2v) is 6.43. The fourth-order valence-corrected chi connectivity index (χ4v) is 2.75. The molecule has 2 amide bonds. The number of carbonyl (C=O) groups excluding carboxylic acids is 2. The minimum Gasteiger partial charge on any atom is -0.482 e. The molecule has 0 heterocycles. The van der Waals surface area contributed by atoms with Crippen LogP contribution in [0.2, 0.25) is 5.02 Å². The lowest BCUT2D eigenvalue weighted by molar-refractivity contribution is -0.274. The smallest absolute Gasteiger partial charge is 0.482 e. The Morgan fingerprint density at radius 1 is 1.07 bits per heavy atom. The van der Waals surface area contributed by atoms with Crippen molar-refractivity contribution in [2.24, 2.45) is 0 Å². The zero-order chi connectivity index (χ0) is 22.3. The minimum absolute atomic E-state index is 0.130. The summed E-state index contributed by atoms with van der Waals surface area (Å²) in [4.78, 5) is 25.9. The van der Waals surface area contributed by atoms with E-state index in [1.165, 1.54) is 30.3 Å². The van der Waals surface area contributed by atoms with Gasteiger partial charge in [-0.15, -0.1) is 13.2 Å². The first-order chi connectivity index (χ1) is 14.1. The fraction of sp³-hybridized carbons (Fsp3) is 0.300. The number of rotatable bonds is 8. The van der Waals surface area contributed by atoms with Crippen molar-refractivity contribution in [2.45, 2.75) is 20.2 Å². The average molecular weight is 445 g/mol. The third kappa shape index (κ3) is 6.84. The third-order valence-electron chi connectivity index (χ3n) is 4.01. The summed E-state index contributed by atoms with van der Waals surface area (Å²) in [7, 11) is 0. The second-order valence-electron chi connectivity index (χ2n) is 6.03. The van der Waals surface area contributed by atoms with Gasteiger partial charge in [-0.1, -0.05) is 11.6 Å². The van der Waals surface area contributed by atoms with Crippen LogP contribution in [0.1, 0.15) is 24.2 Å². The van der Waals surface area contributed by atoms with E-state index in [2.05, 4.69) is 10.1 Å². The summed E-state index contributed by atoms with van der Waals surface area (Å²) in [6.07, 6.45) is -4.81. The molecule has 0 spiro atoms. The topological polar surface area (TPSA) is 67.9 Å².